The SMILES string of the molecule is CN(c1nc2sc(-c3ncc(-c4cn[nH]c4)cc3O)nc2s1)C1CC(C)(C)NC(C)(C)C1. The summed E-state index contributed by atoms with van der Waals surface area (Å²) in [7, 11) is 2.13. The molecule has 4 aromatic rings. The van der Waals surface area contributed by atoms with E-state index in [1.807, 2.05) is 0 Å². The first-order valence-electron chi connectivity index (χ1n) is 10.6. The molecule has 5 rings (SSSR count). The maximum absolute atomic E-state index is 10.6. The average molecular weight is 470 g/mol. The lowest BCUT2D eigenvalue weighted by molar-refractivity contribution is 0.161. The number of pyridine rings is 1. The van der Waals surface area contributed by atoms with Gasteiger partial charge in [0, 0.05) is 47.7 Å². The van der Waals surface area contributed by atoms with E-state index < -0.39 is 0 Å². The third-order valence-electron chi connectivity index (χ3n) is 5.88. The zero-order chi connectivity index (χ0) is 22.7. The van der Waals surface area contributed by atoms with Gasteiger partial charge in [-0.1, -0.05) is 22.7 Å². The topological polar surface area (TPSA) is 103 Å². The van der Waals surface area contributed by atoms with Crippen molar-refractivity contribution >= 4 is 37.5 Å². The Kier molecular flexibility index (Phi) is 4.99. The highest BCUT2D eigenvalue weighted by Crippen LogP contribution is 2.40. The lowest BCUT2D eigenvalue weighted by Gasteiger charge is -2.48. The van der Waals surface area contributed by atoms with Crippen LogP contribution in [-0.2, 0) is 0 Å². The molecule has 0 aliphatic carbocycles. The first kappa shape index (κ1) is 21.3. The monoisotopic (exact) mass is 469 g/mol. The number of aromatic hydroxyl groups is 1. The molecule has 0 aromatic carbocycles. The lowest BCUT2D eigenvalue weighted by atomic mass is 9.79. The Morgan fingerprint density at radius 3 is 2.38 bits per heavy atom. The number of nitrogens with one attached hydrogen (secondary N) is 2. The van der Waals surface area contributed by atoms with Gasteiger partial charge in [0.25, 0.3) is 0 Å². The van der Waals surface area contributed by atoms with Crippen LogP contribution in [-0.4, -0.2) is 54.4 Å². The van der Waals surface area contributed by atoms with Crippen LogP contribution in [0.5, 0.6) is 5.75 Å². The van der Waals surface area contributed by atoms with Gasteiger partial charge in [0.1, 0.15) is 16.5 Å². The molecule has 1 aliphatic heterocycles. The number of hydrogen-bond donors (Lipinski definition) is 3. The van der Waals surface area contributed by atoms with Crippen molar-refractivity contribution in [3.8, 4) is 27.6 Å². The molecule has 0 radical (unpaired) electrons. The standard InChI is InChI=1S/C22H27N7OS2/c1-21(2)7-14(8-22(3,4)28-21)29(5)20-27-19-18(32-20)26-17(31-19)16-15(30)6-12(9-23-16)13-10-24-25-11-13/h6,9-11,14,28,30H,7-8H2,1-5H3,(H,24,25). The largest absolute Gasteiger partial charge is 0.506 e. The highest BCUT2D eigenvalue weighted by Gasteiger charge is 2.39. The summed E-state index contributed by atoms with van der Waals surface area (Å²) in [6.07, 6.45) is 7.30. The number of rotatable bonds is 4. The Bertz CT molecular complexity index is 1210. The first-order valence-corrected chi connectivity index (χ1v) is 12.2. The highest BCUT2D eigenvalue weighted by molar-refractivity contribution is 7.29. The van der Waals surface area contributed by atoms with Crippen molar-refractivity contribution < 1.29 is 5.11 Å². The number of anilines is 1. The van der Waals surface area contributed by atoms with Crippen molar-refractivity contribution in [2.75, 3.05) is 11.9 Å². The summed E-state index contributed by atoms with van der Waals surface area (Å²) in [4.78, 5) is 18.1. The molecule has 1 saturated heterocycles. The van der Waals surface area contributed by atoms with E-state index >= 15 is 0 Å². The second-order valence-corrected chi connectivity index (χ2v) is 11.7. The molecule has 5 heterocycles. The fourth-order valence-electron chi connectivity index (χ4n) is 4.77. The van der Waals surface area contributed by atoms with Gasteiger partial charge in [0.05, 0.1) is 6.20 Å². The summed E-state index contributed by atoms with van der Waals surface area (Å²) in [5, 5.41) is 22.7. The van der Waals surface area contributed by atoms with Gasteiger partial charge in [-0.15, -0.1) is 0 Å². The van der Waals surface area contributed by atoms with Gasteiger partial charge in [0.2, 0.25) is 0 Å². The van der Waals surface area contributed by atoms with E-state index in [0.717, 1.165) is 38.8 Å². The molecule has 0 spiro atoms. The summed E-state index contributed by atoms with van der Waals surface area (Å²) >= 11 is 3.05. The molecular weight excluding hydrogens is 442 g/mol. The Labute approximate surface area is 194 Å². The predicted molar refractivity (Wildman–Crippen MR) is 130 cm³/mol. The molecule has 10 heteroatoms. The van der Waals surface area contributed by atoms with Gasteiger partial charge in [-0.3, -0.25) is 5.10 Å². The number of thiazole rings is 2. The number of H-pyrrole nitrogens is 1. The van der Waals surface area contributed by atoms with Crippen LogP contribution in [0.1, 0.15) is 40.5 Å². The van der Waals surface area contributed by atoms with Crippen molar-refractivity contribution in [3.05, 3.63) is 24.7 Å². The maximum Gasteiger partial charge on any atom is 0.188 e. The van der Waals surface area contributed by atoms with Crippen molar-refractivity contribution in [1.29, 1.82) is 0 Å². The number of piperidine rings is 1. The van der Waals surface area contributed by atoms with Gasteiger partial charge in [0.15, 0.2) is 14.8 Å². The zero-order valence-electron chi connectivity index (χ0n) is 18.8. The minimum absolute atomic E-state index is 0.0759. The number of aromatic nitrogens is 5. The van der Waals surface area contributed by atoms with Crippen LogP contribution in [0.4, 0.5) is 5.13 Å². The van der Waals surface area contributed by atoms with E-state index in [1.165, 1.54) is 11.3 Å². The van der Waals surface area contributed by atoms with E-state index in [4.69, 9.17) is 9.97 Å². The van der Waals surface area contributed by atoms with Crippen LogP contribution < -0.4 is 10.2 Å². The van der Waals surface area contributed by atoms with E-state index in [1.54, 1.807) is 36.0 Å². The quantitative estimate of drug-likeness (QED) is 0.399. The number of fused-ring (bicyclic) bond motifs is 1. The lowest BCUT2D eigenvalue weighted by Crippen LogP contribution is -2.61. The van der Waals surface area contributed by atoms with Crippen LogP contribution in [0, 0.1) is 0 Å². The number of hydrogen-bond acceptors (Lipinski definition) is 9. The predicted octanol–water partition coefficient (Wildman–Crippen LogP) is 4.66. The van der Waals surface area contributed by atoms with Crippen LogP contribution in [0.3, 0.4) is 0 Å². The molecule has 8 nitrogen and oxygen atoms in total. The normalized spacial score (nSPS) is 18.3. The van der Waals surface area contributed by atoms with E-state index in [0.29, 0.717) is 16.7 Å². The maximum atomic E-state index is 10.6. The molecular formula is C22H27N7OS2. The number of aromatic amines is 1. The van der Waals surface area contributed by atoms with Crippen molar-refractivity contribution in [2.45, 2.75) is 57.7 Å². The molecule has 1 aliphatic rings. The average Bonchev–Trinajstić information content (AvgIpc) is 3.41. The first-order chi connectivity index (χ1) is 15.1. The second-order valence-electron chi connectivity index (χ2n) is 9.77. The fourth-order valence-corrected chi connectivity index (χ4v) is 6.84. The Balaban J connectivity index is 1.40. The van der Waals surface area contributed by atoms with E-state index in [9.17, 15) is 5.11 Å². The minimum Gasteiger partial charge on any atom is -0.506 e. The number of nitrogens with zero attached hydrogens (tertiary/aromatic N) is 5. The summed E-state index contributed by atoms with van der Waals surface area (Å²) in [6.45, 7) is 9.06. The second kappa shape index (κ2) is 7.50. The minimum atomic E-state index is 0.0759. The molecule has 0 bridgehead atoms. The van der Waals surface area contributed by atoms with E-state index in [2.05, 4.69) is 60.1 Å². The zero-order valence-corrected chi connectivity index (χ0v) is 20.4. The fraction of sp³-hybridized carbons (Fsp3) is 0.455. The van der Waals surface area contributed by atoms with Gasteiger partial charge < -0.3 is 15.3 Å². The molecule has 32 heavy (non-hydrogen) atoms. The third-order valence-corrected chi connectivity index (χ3v) is 8.01. The molecule has 3 N–H and O–H groups in total. The van der Waals surface area contributed by atoms with Gasteiger partial charge in [-0.05, 0) is 46.6 Å². The molecule has 1 fully saturated rings. The molecule has 4 aromatic heterocycles. The van der Waals surface area contributed by atoms with Gasteiger partial charge >= 0.3 is 0 Å². The summed E-state index contributed by atoms with van der Waals surface area (Å²) in [5.41, 5.74) is 2.30. The summed E-state index contributed by atoms with van der Waals surface area (Å²) in [5.74, 6) is 0.0987. The molecule has 0 atom stereocenters. The van der Waals surface area contributed by atoms with Crippen LogP contribution in [0.2, 0.25) is 0 Å². The highest BCUT2D eigenvalue weighted by atomic mass is 32.1. The Hall–Kier alpha value is -2.56. The summed E-state index contributed by atoms with van der Waals surface area (Å²) in [6, 6.07) is 2.10. The van der Waals surface area contributed by atoms with Crippen molar-refractivity contribution in [1.82, 2.24) is 30.5 Å². The van der Waals surface area contributed by atoms with Crippen LogP contribution >= 0.6 is 22.7 Å². The van der Waals surface area contributed by atoms with Gasteiger partial charge in [-0.25, -0.2) is 15.0 Å². The molecule has 168 valence electrons. The smallest absolute Gasteiger partial charge is 0.188 e. The molecule has 0 unspecified atom stereocenters. The Morgan fingerprint density at radius 1 is 1.03 bits per heavy atom. The van der Waals surface area contributed by atoms with Crippen molar-refractivity contribution in [3.63, 3.8) is 0 Å². The molecule has 0 amide bonds. The van der Waals surface area contributed by atoms with E-state index in [-0.39, 0.29) is 16.8 Å². The third kappa shape index (κ3) is 3.98. The van der Waals surface area contributed by atoms with Crippen molar-refractivity contribution in [2.24, 2.45) is 0 Å². The van der Waals surface area contributed by atoms with Crippen LogP contribution in [0.25, 0.3) is 31.5 Å². The van der Waals surface area contributed by atoms with Gasteiger partial charge in [-0.2, -0.15) is 5.10 Å². The Morgan fingerprint density at radius 2 is 1.75 bits per heavy atom. The van der Waals surface area contributed by atoms with Crippen LogP contribution in [0.15, 0.2) is 24.7 Å². The molecule has 0 saturated carbocycles. The summed E-state index contributed by atoms with van der Waals surface area (Å²) < 4.78 is 0.